The van der Waals surface area contributed by atoms with Crippen molar-refractivity contribution in [3.63, 3.8) is 0 Å². The largest absolute Gasteiger partial charge is 0.494 e. The van der Waals surface area contributed by atoms with Gasteiger partial charge in [0, 0.05) is 0 Å². The molecule has 3 rings (SSSR count). The van der Waals surface area contributed by atoms with Crippen molar-refractivity contribution in [2.24, 2.45) is 11.3 Å². The van der Waals surface area contributed by atoms with E-state index in [1.807, 2.05) is 0 Å². The average Bonchev–Trinajstić information content (AvgIpc) is 2.76. The SMILES string of the molecule is CCCCCOc1ccc(-c2ccc(CCC3(C#N)CCCC(C)C3)cc2)cc1. The first-order chi connectivity index (χ1) is 14.1. The molecule has 1 aliphatic carbocycles. The maximum absolute atomic E-state index is 9.77. The van der Waals surface area contributed by atoms with Crippen LogP contribution in [0.15, 0.2) is 48.5 Å². The van der Waals surface area contributed by atoms with Crippen LogP contribution in [0.4, 0.5) is 0 Å². The lowest BCUT2D eigenvalue weighted by Gasteiger charge is -2.34. The monoisotopic (exact) mass is 389 g/mol. The predicted molar refractivity (Wildman–Crippen MR) is 121 cm³/mol. The van der Waals surface area contributed by atoms with E-state index in [1.165, 1.54) is 42.4 Å². The summed E-state index contributed by atoms with van der Waals surface area (Å²) in [7, 11) is 0. The third-order valence-electron chi connectivity index (χ3n) is 6.38. The molecule has 0 heterocycles. The van der Waals surface area contributed by atoms with Gasteiger partial charge in [0.25, 0.3) is 0 Å². The van der Waals surface area contributed by atoms with Crippen LogP contribution in [-0.2, 0) is 6.42 Å². The van der Waals surface area contributed by atoms with Crippen molar-refractivity contribution < 1.29 is 4.74 Å². The Kier molecular flexibility index (Phi) is 7.76. The first kappa shape index (κ1) is 21.4. The fourth-order valence-corrected chi connectivity index (χ4v) is 4.58. The van der Waals surface area contributed by atoms with E-state index < -0.39 is 0 Å². The van der Waals surface area contributed by atoms with E-state index in [0.717, 1.165) is 44.5 Å². The lowest BCUT2D eigenvalue weighted by Crippen LogP contribution is -2.26. The first-order valence-electron chi connectivity index (χ1n) is 11.4. The van der Waals surface area contributed by atoms with Gasteiger partial charge in [0.1, 0.15) is 5.75 Å². The first-order valence-corrected chi connectivity index (χ1v) is 11.4. The van der Waals surface area contributed by atoms with Crippen molar-refractivity contribution in [2.45, 2.75) is 71.6 Å². The van der Waals surface area contributed by atoms with Crippen molar-refractivity contribution in [2.75, 3.05) is 6.61 Å². The summed E-state index contributed by atoms with van der Waals surface area (Å²) in [6.45, 7) is 5.30. The van der Waals surface area contributed by atoms with Gasteiger partial charge in [0.15, 0.2) is 0 Å². The van der Waals surface area contributed by atoms with E-state index in [1.54, 1.807) is 0 Å². The maximum Gasteiger partial charge on any atom is 0.119 e. The second-order valence-electron chi connectivity index (χ2n) is 8.87. The summed E-state index contributed by atoms with van der Waals surface area (Å²) in [4.78, 5) is 0. The van der Waals surface area contributed by atoms with Gasteiger partial charge in [-0.1, -0.05) is 75.9 Å². The maximum atomic E-state index is 9.77. The van der Waals surface area contributed by atoms with E-state index in [-0.39, 0.29) is 5.41 Å². The fourth-order valence-electron chi connectivity index (χ4n) is 4.58. The van der Waals surface area contributed by atoms with Gasteiger partial charge in [-0.3, -0.25) is 0 Å². The zero-order valence-electron chi connectivity index (χ0n) is 18.1. The quantitative estimate of drug-likeness (QED) is 0.414. The molecular formula is C27H35NO. The third-order valence-corrected chi connectivity index (χ3v) is 6.38. The summed E-state index contributed by atoms with van der Waals surface area (Å²) in [5, 5.41) is 9.77. The van der Waals surface area contributed by atoms with E-state index in [0.29, 0.717) is 5.92 Å². The molecule has 0 N–H and O–H groups in total. The molecule has 1 saturated carbocycles. The summed E-state index contributed by atoms with van der Waals surface area (Å²) < 4.78 is 5.81. The minimum atomic E-state index is -0.108. The molecule has 0 saturated heterocycles. The summed E-state index contributed by atoms with van der Waals surface area (Å²) in [5.41, 5.74) is 3.67. The summed E-state index contributed by atoms with van der Waals surface area (Å²) >= 11 is 0. The number of nitrogens with zero attached hydrogens (tertiary/aromatic N) is 1. The number of rotatable bonds is 9. The lowest BCUT2D eigenvalue weighted by molar-refractivity contribution is 0.197. The third kappa shape index (κ3) is 6.10. The molecule has 0 radical (unpaired) electrons. The summed E-state index contributed by atoms with van der Waals surface area (Å²) in [6.07, 6.45) is 10.1. The van der Waals surface area contributed by atoms with Crippen LogP contribution in [0, 0.1) is 22.7 Å². The van der Waals surface area contributed by atoms with Gasteiger partial charge in [0.05, 0.1) is 18.1 Å². The fraction of sp³-hybridized carbons (Fsp3) is 0.519. The van der Waals surface area contributed by atoms with Crippen molar-refractivity contribution in [1.82, 2.24) is 0 Å². The van der Waals surface area contributed by atoms with Crippen LogP contribution < -0.4 is 4.74 Å². The number of unbranched alkanes of at least 4 members (excludes halogenated alkanes) is 2. The van der Waals surface area contributed by atoms with Crippen LogP contribution in [0.25, 0.3) is 11.1 Å². The van der Waals surface area contributed by atoms with Gasteiger partial charge < -0.3 is 4.74 Å². The highest BCUT2D eigenvalue weighted by molar-refractivity contribution is 5.64. The molecule has 29 heavy (non-hydrogen) atoms. The molecule has 2 heteroatoms. The predicted octanol–water partition coefficient (Wildman–Crippen LogP) is 7.58. The molecule has 2 nitrogen and oxygen atoms in total. The van der Waals surface area contributed by atoms with Gasteiger partial charge in [0.2, 0.25) is 0 Å². The van der Waals surface area contributed by atoms with Crippen LogP contribution in [0.2, 0.25) is 0 Å². The topological polar surface area (TPSA) is 33.0 Å². The molecule has 1 fully saturated rings. The van der Waals surface area contributed by atoms with Gasteiger partial charge in [-0.2, -0.15) is 5.26 Å². The number of ether oxygens (including phenoxy) is 1. The molecule has 154 valence electrons. The standard InChI is InChI=1S/C27H35NO/c1-3-4-5-19-29-26-14-12-25(13-15-26)24-10-8-23(9-11-24)16-18-27(21-28)17-6-7-22(2)20-27/h8-15,22H,3-7,16-20H2,1-2H3. The highest BCUT2D eigenvalue weighted by Crippen LogP contribution is 2.42. The van der Waals surface area contributed by atoms with E-state index in [2.05, 4.69) is 68.4 Å². The Morgan fingerprint density at radius 2 is 1.72 bits per heavy atom. The number of nitriles is 1. The lowest BCUT2D eigenvalue weighted by atomic mass is 9.68. The van der Waals surface area contributed by atoms with Crippen LogP contribution >= 0.6 is 0 Å². The zero-order chi connectivity index (χ0) is 20.5. The molecule has 2 atom stereocenters. The summed E-state index contributed by atoms with van der Waals surface area (Å²) in [6, 6.07) is 19.9. The number of aryl methyl sites for hydroxylation is 1. The molecule has 0 spiro atoms. The Bertz CT molecular complexity index is 787. The molecule has 1 aliphatic rings. The van der Waals surface area contributed by atoms with Crippen LogP contribution in [0.3, 0.4) is 0 Å². The summed E-state index contributed by atoms with van der Waals surface area (Å²) in [5.74, 6) is 1.63. The minimum Gasteiger partial charge on any atom is -0.494 e. The van der Waals surface area contributed by atoms with Crippen molar-refractivity contribution in [3.8, 4) is 22.9 Å². The van der Waals surface area contributed by atoms with Crippen molar-refractivity contribution in [3.05, 3.63) is 54.1 Å². The molecule has 0 aromatic heterocycles. The van der Waals surface area contributed by atoms with Crippen molar-refractivity contribution >= 4 is 0 Å². The molecule has 2 unspecified atom stereocenters. The van der Waals surface area contributed by atoms with Gasteiger partial charge in [-0.25, -0.2) is 0 Å². The second-order valence-corrected chi connectivity index (χ2v) is 8.87. The van der Waals surface area contributed by atoms with E-state index in [4.69, 9.17) is 4.74 Å². The van der Waals surface area contributed by atoms with Crippen LogP contribution in [-0.4, -0.2) is 6.61 Å². The molecule has 2 aromatic rings. The Balaban J connectivity index is 1.55. The Labute approximate surface area is 176 Å². The van der Waals surface area contributed by atoms with Gasteiger partial charge in [-0.15, -0.1) is 0 Å². The average molecular weight is 390 g/mol. The highest BCUT2D eigenvalue weighted by atomic mass is 16.5. The van der Waals surface area contributed by atoms with E-state index >= 15 is 0 Å². The Hall–Kier alpha value is -2.27. The number of hydrogen-bond donors (Lipinski definition) is 0. The van der Waals surface area contributed by atoms with Gasteiger partial charge in [-0.05, 0) is 66.8 Å². The molecule has 0 bridgehead atoms. The zero-order valence-corrected chi connectivity index (χ0v) is 18.1. The smallest absolute Gasteiger partial charge is 0.119 e. The molecule has 0 amide bonds. The molecular weight excluding hydrogens is 354 g/mol. The number of hydrogen-bond acceptors (Lipinski definition) is 2. The van der Waals surface area contributed by atoms with E-state index in [9.17, 15) is 5.26 Å². The minimum absolute atomic E-state index is 0.108. The molecule has 0 aliphatic heterocycles. The van der Waals surface area contributed by atoms with Crippen LogP contribution in [0.1, 0.15) is 70.8 Å². The Morgan fingerprint density at radius 1 is 1.03 bits per heavy atom. The molecule has 2 aromatic carbocycles. The number of benzene rings is 2. The van der Waals surface area contributed by atoms with Gasteiger partial charge >= 0.3 is 0 Å². The van der Waals surface area contributed by atoms with Crippen LogP contribution in [0.5, 0.6) is 5.75 Å². The van der Waals surface area contributed by atoms with Crippen molar-refractivity contribution in [1.29, 1.82) is 5.26 Å². The second kappa shape index (κ2) is 10.5. The normalized spacial score (nSPS) is 21.5. The Morgan fingerprint density at radius 3 is 2.34 bits per heavy atom. The highest BCUT2D eigenvalue weighted by Gasteiger charge is 2.34.